The van der Waals surface area contributed by atoms with Crippen LogP contribution in [0.5, 0.6) is 0 Å². The number of carbonyl (C=O) groups is 1. The highest BCUT2D eigenvalue weighted by atomic mass is 32.2. The normalized spacial score (nSPS) is 17.8. The number of hydrogen-bond donors (Lipinski definition) is 2. The molecule has 106 valence electrons. The zero-order valence-corrected chi connectivity index (χ0v) is 11.4. The average Bonchev–Trinajstić information content (AvgIpc) is 2.28. The van der Waals surface area contributed by atoms with E-state index in [1.54, 1.807) is 11.8 Å². The van der Waals surface area contributed by atoms with Crippen LogP contribution in [0.1, 0.15) is 19.8 Å². The lowest BCUT2D eigenvalue weighted by Crippen LogP contribution is -2.46. The maximum atomic E-state index is 11.4. The van der Waals surface area contributed by atoms with Crippen molar-refractivity contribution in [2.24, 2.45) is 5.14 Å². The van der Waals surface area contributed by atoms with Crippen molar-refractivity contribution >= 4 is 16.1 Å². The third-order valence-corrected chi connectivity index (χ3v) is 3.61. The molecule has 7 nitrogen and oxygen atoms in total. The number of hydrogen-bond acceptors (Lipinski definition) is 5. The molecule has 0 atom stereocenters. The first-order valence-corrected chi connectivity index (χ1v) is 7.79. The fourth-order valence-electron chi connectivity index (χ4n) is 1.89. The van der Waals surface area contributed by atoms with Crippen molar-refractivity contribution in [3.8, 4) is 0 Å². The van der Waals surface area contributed by atoms with Gasteiger partial charge in [0, 0.05) is 25.7 Å². The Morgan fingerprint density at radius 3 is 2.56 bits per heavy atom. The smallest absolute Gasteiger partial charge is 0.409 e. The standard InChI is InChI=1S/C10H21N3O4S/c1-2-17-10(14)13-6-3-9(4-7-13)12-5-8-18(11,15)16/h9,12H,2-8H2,1H3,(H2,11,15,16). The highest BCUT2D eigenvalue weighted by Gasteiger charge is 2.23. The van der Waals surface area contributed by atoms with Crippen LogP contribution in [-0.2, 0) is 14.8 Å². The molecule has 1 heterocycles. The highest BCUT2D eigenvalue weighted by molar-refractivity contribution is 7.89. The molecule has 0 radical (unpaired) electrons. The van der Waals surface area contributed by atoms with E-state index in [1.165, 1.54) is 0 Å². The third kappa shape index (κ3) is 5.65. The second-order valence-corrected chi connectivity index (χ2v) is 6.02. The summed E-state index contributed by atoms with van der Waals surface area (Å²) >= 11 is 0. The molecule has 0 aliphatic carbocycles. The zero-order valence-electron chi connectivity index (χ0n) is 10.6. The molecule has 3 N–H and O–H groups in total. The summed E-state index contributed by atoms with van der Waals surface area (Å²) in [4.78, 5) is 13.1. The largest absolute Gasteiger partial charge is 0.450 e. The van der Waals surface area contributed by atoms with E-state index < -0.39 is 10.0 Å². The molecule has 18 heavy (non-hydrogen) atoms. The molecule has 1 aliphatic rings. The molecule has 0 spiro atoms. The lowest BCUT2D eigenvalue weighted by Gasteiger charge is -2.31. The maximum absolute atomic E-state index is 11.4. The molecular formula is C10H21N3O4S. The lowest BCUT2D eigenvalue weighted by molar-refractivity contribution is 0.0953. The quantitative estimate of drug-likeness (QED) is 0.705. The summed E-state index contributed by atoms with van der Waals surface area (Å²) in [5, 5.41) is 8.04. The summed E-state index contributed by atoms with van der Waals surface area (Å²) in [5.74, 6) is -0.0644. The Morgan fingerprint density at radius 1 is 1.44 bits per heavy atom. The van der Waals surface area contributed by atoms with Crippen LogP contribution >= 0.6 is 0 Å². The van der Waals surface area contributed by atoms with Gasteiger partial charge in [-0.1, -0.05) is 0 Å². The summed E-state index contributed by atoms with van der Waals surface area (Å²) in [6.45, 7) is 3.77. The van der Waals surface area contributed by atoms with E-state index in [0.717, 1.165) is 12.8 Å². The molecule has 0 aromatic rings. The van der Waals surface area contributed by atoms with Crippen LogP contribution in [0, 0.1) is 0 Å². The predicted molar refractivity (Wildman–Crippen MR) is 67.6 cm³/mol. The summed E-state index contributed by atoms with van der Waals surface area (Å²) < 4.78 is 26.4. The van der Waals surface area contributed by atoms with E-state index in [2.05, 4.69) is 5.32 Å². The zero-order chi connectivity index (χ0) is 13.6. The topological polar surface area (TPSA) is 102 Å². The average molecular weight is 279 g/mol. The minimum Gasteiger partial charge on any atom is -0.450 e. The second-order valence-electron chi connectivity index (χ2n) is 4.28. The molecule has 0 aromatic carbocycles. The van der Waals surface area contributed by atoms with Crippen molar-refractivity contribution in [1.82, 2.24) is 10.2 Å². The van der Waals surface area contributed by atoms with Gasteiger partial charge in [-0.15, -0.1) is 0 Å². The van der Waals surface area contributed by atoms with E-state index >= 15 is 0 Å². The van der Waals surface area contributed by atoms with Gasteiger partial charge in [0.05, 0.1) is 12.4 Å². The van der Waals surface area contributed by atoms with Crippen LogP contribution in [0.2, 0.25) is 0 Å². The number of ether oxygens (including phenoxy) is 1. The molecule has 1 rings (SSSR count). The molecule has 1 amide bonds. The molecule has 0 aromatic heterocycles. The SMILES string of the molecule is CCOC(=O)N1CCC(NCCS(N)(=O)=O)CC1. The fourth-order valence-corrected chi connectivity index (χ4v) is 2.29. The number of rotatable bonds is 5. The Labute approximate surface area is 108 Å². The predicted octanol–water partition coefficient (Wildman–Crippen LogP) is -0.515. The van der Waals surface area contributed by atoms with Crippen LogP contribution < -0.4 is 10.5 Å². The number of nitrogens with two attached hydrogens (primary N) is 1. The maximum Gasteiger partial charge on any atom is 0.409 e. The van der Waals surface area contributed by atoms with Crippen LogP contribution in [0.4, 0.5) is 4.79 Å². The van der Waals surface area contributed by atoms with Crippen molar-refractivity contribution in [3.05, 3.63) is 0 Å². The van der Waals surface area contributed by atoms with Crippen molar-refractivity contribution in [3.63, 3.8) is 0 Å². The molecule has 8 heteroatoms. The van der Waals surface area contributed by atoms with Crippen LogP contribution in [0.25, 0.3) is 0 Å². The van der Waals surface area contributed by atoms with Gasteiger partial charge in [-0.05, 0) is 19.8 Å². The Morgan fingerprint density at radius 2 is 2.06 bits per heavy atom. The number of amides is 1. The Hall–Kier alpha value is -0.860. The Kier molecular flexibility index (Phi) is 5.83. The van der Waals surface area contributed by atoms with Gasteiger partial charge in [0.25, 0.3) is 0 Å². The van der Waals surface area contributed by atoms with E-state index in [9.17, 15) is 13.2 Å². The Bertz CT molecular complexity index is 363. The van der Waals surface area contributed by atoms with Gasteiger partial charge >= 0.3 is 6.09 Å². The number of likely N-dealkylation sites (tertiary alicyclic amines) is 1. The van der Waals surface area contributed by atoms with Gasteiger partial charge in [-0.2, -0.15) is 0 Å². The van der Waals surface area contributed by atoms with Crippen molar-refractivity contribution in [2.45, 2.75) is 25.8 Å². The summed E-state index contributed by atoms with van der Waals surface area (Å²) in [7, 11) is -3.40. The molecule has 0 unspecified atom stereocenters. The van der Waals surface area contributed by atoms with Gasteiger partial charge in [-0.25, -0.2) is 18.4 Å². The van der Waals surface area contributed by atoms with E-state index in [0.29, 0.717) is 26.2 Å². The van der Waals surface area contributed by atoms with Gasteiger partial charge < -0.3 is 15.0 Å². The summed E-state index contributed by atoms with van der Waals surface area (Å²) in [6.07, 6.45) is 1.31. The molecule has 0 saturated carbocycles. The first kappa shape index (κ1) is 15.2. The number of nitrogens with one attached hydrogen (secondary N) is 1. The molecule has 1 saturated heterocycles. The lowest BCUT2D eigenvalue weighted by atomic mass is 10.1. The Balaban J connectivity index is 2.21. The number of sulfonamides is 1. The summed E-state index contributed by atoms with van der Waals surface area (Å²) in [6, 6.07) is 0.234. The van der Waals surface area contributed by atoms with Gasteiger partial charge in [-0.3, -0.25) is 0 Å². The minimum absolute atomic E-state index is 0.0644. The highest BCUT2D eigenvalue weighted by Crippen LogP contribution is 2.11. The van der Waals surface area contributed by atoms with Gasteiger partial charge in [0.1, 0.15) is 0 Å². The van der Waals surface area contributed by atoms with Crippen LogP contribution in [-0.4, -0.2) is 57.4 Å². The monoisotopic (exact) mass is 279 g/mol. The van der Waals surface area contributed by atoms with Crippen LogP contribution in [0.3, 0.4) is 0 Å². The van der Waals surface area contributed by atoms with Crippen LogP contribution in [0.15, 0.2) is 0 Å². The number of nitrogens with zero attached hydrogens (tertiary/aromatic N) is 1. The second kappa shape index (κ2) is 6.91. The van der Waals surface area contributed by atoms with E-state index in [1.807, 2.05) is 0 Å². The minimum atomic E-state index is -3.40. The number of piperidine rings is 1. The summed E-state index contributed by atoms with van der Waals surface area (Å²) in [5.41, 5.74) is 0. The van der Waals surface area contributed by atoms with E-state index in [-0.39, 0.29) is 17.9 Å². The fraction of sp³-hybridized carbons (Fsp3) is 0.900. The number of primary sulfonamides is 1. The molecule has 1 aliphatic heterocycles. The third-order valence-electron chi connectivity index (χ3n) is 2.84. The van der Waals surface area contributed by atoms with Gasteiger partial charge in [0.15, 0.2) is 0 Å². The van der Waals surface area contributed by atoms with Crippen molar-refractivity contribution in [2.75, 3.05) is 32.0 Å². The first-order chi connectivity index (χ1) is 8.42. The van der Waals surface area contributed by atoms with Crippen molar-refractivity contribution < 1.29 is 17.9 Å². The molecule has 1 fully saturated rings. The molecular weight excluding hydrogens is 258 g/mol. The number of carbonyl (C=O) groups excluding carboxylic acids is 1. The van der Waals surface area contributed by atoms with Gasteiger partial charge in [0.2, 0.25) is 10.0 Å². The molecule has 0 bridgehead atoms. The van der Waals surface area contributed by atoms with Crippen molar-refractivity contribution in [1.29, 1.82) is 0 Å². The first-order valence-electron chi connectivity index (χ1n) is 6.08. The van der Waals surface area contributed by atoms with E-state index in [4.69, 9.17) is 9.88 Å².